The number of rotatable bonds is 8. The van der Waals surface area contributed by atoms with E-state index in [1.807, 2.05) is 6.92 Å². The SMILES string of the molecule is CCOCCOCCOCO. The maximum Gasteiger partial charge on any atom is 0.143 e. The van der Waals surface area contributed by atoms with Crippen molar-refractivity contribution in [3.8, 4) is 0 Å². The predicted molar refractivity (Wildman–Crippen MR) is 40.3 cm³/mol. The molecule has 0 atom stereocenters. The molecule has 11 heavy (non-hydrogen) atoms. The molecule has 0 heterocycles. The Morgan fingerprint density at radius 3 is 2.00 bits per heavy atom. The molecule has 0 aromatic carbocycles. The van der Waals surface area contributed by atoms with Gasteiger partial charge in [-0.1, -0.05) is 0 Å². The van der Waals surface area contributed by atoms with Crippen LogP contribution in [0.4, 0.5) is 0 Å². The Hall–Kier alpha value is -0.160. The van der Waals surface area contributed by atoms with Crippen LogP contribution in [0, 0.1) is 0 Å². The summed E-state index contributed by atoms with van der Waals surface area (Å²) in [6.45, 7) is 4.56. The third kappa shape index (κ3) is 9.84. The summed E-state index contributed by atoms with van der Waals surface area (Å²) in [5.74, 6) is 0. The summed E-state index contributed by atoms with van der Waals surface area (Å²) < 4.78 is 14.7. The normalized spacial score (nSPS) is 10.4. The molecule has 0 bridgehead atoms. The summed E-state index contributed by atoms with van der Waals surface area (Å²) in [7, 11) is 0. The molecule has 0 radical (unpaired) electrons. The smallest absolute Gasteiger partial charge is 0.143 e. The lowest BCUT2D eigenvalue weighted by molar-refractivity contribution is -0.0362. The molecule has 0 aromatic heterocycles. The lowest BCUT2D eigenvalue weighted by atomic mass is 10.7. The van der Waals surface area contributed by atoms with Crippen LogP contribution >= 0.6 is 0 Å². The van der Waals surface area contributed by atoms with E-state index in [2.05, 4.69) is 4.74 Å². The molecule has 0 fully saturated rings. The van der Waals surface area contributed by atoms with E-state index in [0.29, 0.717) is 26.4 Å². The lowest BCUT2D eigenvalue weighted by Crippen LogP contribution is -2.09. The van der Waals surface area contributed by atoms with Crippen molar-refractivity contribution in [2.45, 2.75) is 6.92 Å². The van der Waals surface area contributed by atoms with Gasteiger partial charge in [-0.3, -0.25) is 0 Å². The average Bonchev–Trinajstić information content (AvgIpc) is 2.03. The zero-order valence-electron chi connectivity index (χ0n) is 6.91. The van der Waals surface area contributed by atoms with Crippen LogP contribution in [0.1, 0.15) is 6.92 Å². The minimum atomic E-state index is -0.241. The summed E-state index contributed by atoms with van der Waals surface area (Å²) in [5.41, 5.74) is 0. The van der Waals surface area contributed by atoms with Crippen LogP contribution in [0.25, 0.3) is 0 Å². The molecule has 0 amide bonds. The zero-order chi connectivity index (χ0) is 8.36. The number of hydrogen-bond acceptors (Lipinski definition) is 4. The summed E-state index contributed by atoms with van der Waals surface area (Å²) in [5, 5.41) is 8.20. The van der Waals surface area contributed by atoms with Gasteiger partial charge < -0.3 is 19.3 Å². The Balaban J connectivity index is 2.69. The summed E-state index contributed by atoms with van der Waals surface area (Å²) in [6, 6.07) is 0. The van der Waals surface area contributed by atoms with Crippen LogP contribution in [0.5, 0.6) is 0 Å². The van der Waals surface area contributed by atoms with Crippen molar-refractivity contribution in [1.82, 2.24) is 0 Å². The molecule has 1 N–H and O–H groups in total. The number of aliphatic hydroxyl groups is 1. The maximum absolute atomic E-state index is 8.20. The molecule has 0 spiro atoms. The molecule has 0 aromatic rings. The fourth-order valence-electron chi connectivity index (χ4n) is 0.547. The summed E-state index contributed by atoms with van der Waals surface area (Å²) in [6.07, 6.45) is 0. The van der Waals surface area contributed by atoms with Gasteiger partial charge in [-0.05, 0) is 6.92 Å². The van der Waals surface area contributed by atoms with Crippen LogP contribution in [-0.2, 0) is 14.2 Å². The third-order valence-corrected chi connectivity index (χ3v) is 1.04. The van der Waals surface area contributed by atoms with Crippen molar-refractivity contribution in [1.29, 1.82) is 0 Å². The fourth-order valence-corrected chi connectivity index (χ4v) is 0.547. The molecule has 0 rings (SSSR count). The second kappa shape index (κ2) is 9.84. The summed E-state index contributed by atoms with van der Waals surface area (Å²) >= 11 is 0. The van der Waals surface area contributed by atoms with Crippen LogP contribution in [0.3, 0.4) is 0 Å². The van der Waals surface area contributed by atoms with Gasteiger partial charge in [-0.25, -0.2) is 0 Å². The first-order chi connectivity index (χ1) is 5.41. The van der Waals surface area contributed by atoms with Crippen LogP contribution in [0.2, 0.25) is 0 Å². The third-order valence-electron chi connectivity index (χ3n) is 1.04. The first kappa shape index (κ1) is 10.8. The monoisotopic (exact) mass is 164 g/mol. The minimum absolute atomic E-state index is 0.241. The number of ether oxygens (including phenoxy) is 3. The van der Waals surface area contributed by atoms with Crippen LogP contribution in [-0.4, -0.2) is 44.9 Å². The highest BCUT2D eigenvalue weighted by Gasteiger charge is 1.87. The molecule has 0 aliphatic carbocycles. The van der Waals surface area contributed by atoms with Gasteiger partial charge in [0.25, 0.3) is 0 Å². The molecule has 4 nitrogen and oxygen atoms in total. The van der Waals surface area contributed by atoms with Gasteiger partial charge in [-0.2, -0.15) is 0 Å². The van der Waals surface area contributed by atoms with E-state index in [9.17, 15) is 0 Å². The standard InChI is InChI=1S/C7H16O4/c1-2-9-3-4-10-5-6-11-7-8/h8H,2-7H2,1H3. The second-order valence-electron chi connectivity index (χ2n) is 1.85. The number of hydrogen-bond donors (Lipinski definition) is 1. The Morgan fingerprint density at radius 1 is 0.909 bits per heavy atom. The van der Waals surface area contributed by atoms with Gasteiger partial charge in [0.1, 0.15) is 6.79 Å². The minimum Gasteiger partial charge on any atom is -0.379 e. The van der Waals surface area contributed by atoms with Gasteiger partial charge >= 0.3 is 0 Å². The van der Waals surface area contributed by atoms with Gasteiger partial charge in [0.15, 0.2) is 0 Å². The molecular formula is C7H16O4. The largest absolute Gasteiger partial charge is 0.379 e. The van der Waals surface area contributed by atoms with E-state index in [4.69, 9.17) is 14.6 Å². The second-order valence-corrected chi connectivity index (χ2v) is 1.85. The van der Waals surface area contributed by atoms with Gasteiger partial charge in [-0.15, -0.1) is 0 Å². The Kier molecular flexibility index (Phi) is 9.70. The first-order valence-electron chi connectivity index (χ1n) is 3.76. The van der Waals surface area contributed by atoms with E-state index in [-0.39, 0.29) is 6.79 Å². The van der Waals surface area contributed by atoms with Gasteiger partial charge in [0, 0.05) is 6.61 Å². The van der Waals surface area contributed by atoms with Gasteiger partial charge in [0.2, 0.25) is 0 Å². The Labute approximate surface area is 67.1 Å². The molecule has 0 aliphatic rings. The van der Waals surface area contributed by atoms with E-state index < -0.39 is 0 Å². The zero-order valence-corrected chi connectivity index (χ0v) is 6.91. The van der Waals surface area contributed by atoms with Crippen molar-refractivity contribution < 1.29 is 19.3 Å². The van der Waals surface area contributed by atoms with E-state index in [0.717, 1.165) is 6.61 Å². The fraction of sp³-hybridized carbons (Fsp3) is 1.00. The van der Waals surface area contributed by atoms with Crippen molar-refractivity contribution in [2.24, 2.45) is 0 Å². The molecule has 0 unspecified atom stereocenters. The van der Waals surface area contributed by atoms with E-state index in [1.165, 1.54) is 0 Å². The highest BCUT2D eigenvalue weighted by molar-refractivity contribution is 4.29. The van der Waals surface area contributed by atoms with Crippen molar-refractivity contribution in [2.75, 3.05) is 39.8 Å². The molecule has 0 saturated heterocycles. The van der Waals surface area contributed by atoms with Crippen molar-refractivity contribution in [3.63, 3.8) is 0 Å². The number of aliphatic hydroxyl groups excluding tert-OH is 1. The van der Waals surface area contributed by atoms with Gasteiger partial charge in [0.05, 0.1) is 26.4 Å². The lowest BCUT2D eigenvalue weighted by Gasteiger charge is -2.03. The quantitative estimate of drug-likeness (QED) is 0.405. The van der Waals surface area contributed by atoms with Crippen LogP contribution in [0.15, 0.2) is 0 Å². The van der Waals surface area contributed by atoms with E-state index in [1.54, 1.807) is 0 Å². The Morgan fingerprint density at radius 2 is 1.45 bits per heavy atom. The molecule has 4 heteroatoms. The topological polar surface area (TPSA) is 47.9 Å². The predicted octanol–water partition coefficient (Wildman–Crippen LogP) is 0.00590. The van der Waals surface area contributed by atoms with E-state index >= 15 is 0 Å². The summed E-state index contributed by atoms with van der Waals surface area (Å²) in [4.78, 5) is 0. The highest BCUT2D eigenvalue weighted by Crippen LogP contribution is 1.79. The molecule has 0 saturated carbocycles. The molecule has 68 valence electrons. The first-order valence-corrected chi connectivity index (χ1v) is 3.76. The molecule has 0 aliphatic heterocycles. The van der Waals surface area contributed by atoms with Crippen LogP contribution < -0.4 is 0 Å². The van der Waals surface area contributed by atoms with Crippen molar-refractivity contribution in [3.05, 3.63) is 0 Å². The average molecular weight is 164 g/mol. The Bertz CT molecular complexity index is 59.5. The van der Waals surface area contributed by atoms with Crippen molar-refractivity contribution >= 4 is 0 Å². The molecular weight excluding hydrogens is 148 g/mol. The highest BCUT2D eigenvalue weighted by atomic mass is 16.6. The maximum atomic E-state index is 8.20.